The Labute approximate surface area is 200 Å². The summed E-state index contributed by atoms with van der Waals surface area (Å²) in [6.07, 6.45) is -5.26. The topological polar surface area (TPSA) is 191 Å². The van der Waals surface area contributed by atoms with Gasteiger partial charge in [-0.25, -0.2) is 19.2 Å². The highest BCUT2D eigenvalue weighted by atomic mass is 16.4. The maximum atomic E-state index is 12.1. The number of carbonyl (C=O) groups excluding carboxylic acids is 1. The molecule has 0 spiro atoms. The average molecular weight is 495 g/mol. The highest BCUT2D eigenvalue weighted by molar-refractivity contribution is 5.93. The molecule has 1 unspecified atom stereocenters. The van der Waals surface area contributed by atoms with Crippen LogP contribution in [0.5, 0.6) is 0 Å². The van der Waals surface area contributed by atoms with Gasteiger partial charge in [0.15, 0.2) is 0 Å². The third kappa shape index (κ3) is 7.65. The Balaban J connectivity index is 2.38. The second-order valence-electron chi connectivity index (χ2n) is 7.88. The van der Waals surface area contributed by atoms with E-state index in [0.29, 0.717) is 11.1 Å². The normalized spacial score (nSPS) is 17.7. The standard InChI is InChI=1S/C21H29N5O9/c1-22-17(27)15-4-2-14(3-5-15)12-16-13-25(20(32)33)9-8-23(18(28)29)6-7-24(19(30)31)10-11-26(16)21(34)35/h2-5,16H,6-13H2,1H3,(H,22,27)(H,28,29)(H,30,31)(H,32,33)(H,34,35). The fourth-order valence-corrected chi connectivity index (χ4v) is 3.75. The van der Waals surface area contributed by atoms with E-state index >= 15 is 0 Å². The Morgan fingerprint density at radius 1 is 0.743 bits per heavy atom. The number of nitrogens with zero attached hydrogens (tertiary/aromatic N) is 4. The van der Waals surface area contributed by atoms with Gasteiger partial charge in [0, 0.05) is 58.4 Å². The summed E-state index contributed by atoms with van der Waals surface area (Å²) < 4.78 is 0. The van der Waals surface area contributed by atoms with Crippen LogP contribution in [0.25, 0.3) is 0 Å². The van der Waals surface area contributed by atoms with Gasteiger partial charge in [-0.1, -0.05) is 12.1 Å². The highest BCUT2D eigenvalue weighted by Crippen LogP contribution is 2.15. The molecule has 192 valence electrons. The average Bonchev–Trinajstić information content (AvgIpc) is 2.79. The van der Waals surface area contributed by atoms with Crippen molar-refractivity contribution < 1.29 is 44.4 Å². The number of benzene rings is 1. The molecule has 1 aliphatic heterocycles. The molecule has 0 bridgehead atoms. The van der Waals surface area contributed by atoms with E-state index in [1.807, 2.05) is 0 Å². The molecule has 2 rings (SSSR count). The van der Waals surface area contributed by atoms with Gasteiger partial charge in [0.25, 0.3) is 5.91 Å². The molecule has 35 heavy (non-hydrogen) atoms. The molecule has 5 amide bonds. The van der Waals surface area contributed by atoms with E-state index < -0.39 is 30.4 Å². The quantitative estimate of drug-likeness (QED) is 0.405. The summed E-state index contributed by atoms with van der Waals surface area (Å²) in [5.74, 6) is -0.302. The lowest BCUT2D eigenvalue weighted by atomic mass is 10.0. The molecular formula is C21H29N5O9. The van der Waals surface area contributed by atoms with Crippen LogP contribution in [-0.4, -0.2) is 129 Å². The smallest absolute Gasteiger partial charge is 0.407 e. The first-order valence-corrected chi connectivity index (χ1v) is 10.8. The number of carbonyl (C=O) groups is 5. The molecule has 1 saturated heterocycles. The molecule has 1 aromatic rings. The second-order valence-corrected chi connectivity index (χ2v) is 7.88. The third-order valence-electron chi connectivity index (χ3n) is 5.73. The molecule has 1 fully saturated rings. The maximum Gasteiger partial charge on any atom is 0.407 e. The highest BCUT2D eigenvalue weighted by Gasteiger charge is 2.30. The molecule has 1 aliphatic rings. The monoisotopic (exact) mass is 495 g/mol. The molecule has 0 aromatic heterocycles. The first kappa shape index (κ1) is 27.0. The number of hydrogen-bond donors (Lipinski definition) is 5. The molecule has 1 atom stereocenters. The van der Waals surface area contributed by atoms with E-state index in [2.05, 4.69) is 5.32 Å². The number of nitrogens with one attached hydrogen (secondary N) is 1. The summed E-state index contributed by atoms with van der Waals surface area (Å²) >= 11 is 0. The van der Waals surface area contributed by atoms with Crippen molar-refractivity contribution in [3.8, 4) is 0 Å². The third-order valence-corrected chi connectivity index (χ3v) is 5.73. The van der Waals surface area contributed by atoms with Gasteiger partial charge in [-0.3, -0.25) is 4.79 Å². The molecule has 14 heteroatoms. The van der Waals surface area contributed by atoms with Crippen LogP contribution in [0.4, 0.5) is 19.2 Å². The molecule has 0 aliphatic carbocycles. The van der Waals surface area contributed by atoms with Crippen LogP contribution >= 0.6 is 0 Å². The van der Waals surface area contributed by atoms with Crippen molar-refractivity contribution in [2.75, 3.05) is 52.9 Å². The number of amides is 5. The lowest BCUT2D eigenvalue weighted by Gasteiger charge is -2.36. The zero-order valence-electron chi connectivity index (χ0n) is 19.2. The second kappa shape index (κ2) is 12.3. The van der Waals surface area contributed by atoms with Crippen LogP contribution in [-0.2, 0) is 6.42 Å². The first-order chi connectivity index (χ1) is 16.5. The minimum absolute atomic E-state index is 0.0832. The predicted molar refractivity (Wildman–Crippen MR) is 121 cm³/mol. The van der Waals surface area contributed by atoms with Crippen molar-refractivity contribution in [2.24, 2.45) is 0 Å². The van der Waals surface area contributed by atoms with Crippen molar-refractivity contribution in [1.82, 2.24) is 24.9 Å². The van der Waals surface area contributed by atoms with Crippen LogP contribution in [0.15, 0.2) is 24.3 Å². The van der Waals surface area contributed by atoms with Gasteiger partial charge in [-0.15, -0.1) is 0 Å². The van der Waals surface area contributed by atoms with Gasteiger partial charge in [0.05, 0.1) is 6.04 Å². The minimum atomic E-state index is -1.35. The van der Waals surface area contributed by atoms with Crippen LogP contribution in [0, 0.1) is 0 Å². The SMILES string of the molecule is CNC(=O)c1ccc(CC2CN(C(=O)O)CCN(C(=O)O)CCN(C(=O)O)CCN2C(=O)O)cc1. The Bertz CT molecular complexity index is 940. The zero-order chi connectivity index (χ0) is 26.1. The van der Waals surface area contributed by atoms with Gasteiger partial charge in [0.2, 0.25) is 0 Å². The molecule has 14 nitrogen and oxygen atoms in total. The van der Waals surface area contributed by atoms with Crippen molar-refractivity contribution in [1.29, 1.82) is 0 Å². The molecule has 5 N–H and O–H groups in total. The van der Waals surface area contributed by atoms with Crippen molar-refractivity contribution >= 4 is 30.3 Å². The lowest BCUT2D eigenvalue weighted by Crippen LogP contribution is -2.54. The number of rotatable bonds is 3. The Hall–Kier alpha value is -4.23. The molecule has 0 radical (unpaired) electrons. The fourth-order valence-electron chi connectivity index (χ4n) is 3.75. The van der Waals surface area contributed by atoms with Crippen LogP contribution in [0.3, 0.4) is 0 Å². The van der Waals surface area contributed by atoms with Crippen molar-refractivity contribution in [3.63, 3.8) is 0 Å². The summed E-state index contributed by atoms with van der Waals surface area (Å²) in [5, 5.41) is 40.9. The Kier molecular flexibility index (Phi) is 9.49. The van der Waals surface area contributed by atoms with Gasteiger partial charge in [-0.05, 0) is 24.1 Å². The van der Waals surface area contributed by atoms with E-state index in [9.17, 15) is 44.4 Å². The van der Waals surface area contributed by atoms with Gasteiger partial charge in [-0.2, -0.15) is 0 Å². The largest absolute Gasteiger partial charge is 0.465 e. The summed E-state index contributed by atoms with van der Waals surface area (Å²) in [7, 11) is 1.48. The maximum absolute atomic E-state index is 12.1. The van der Waals surface area contributed by atoms with E-state index in [1.165, 1.54) is 7.05 Å². The van der Waals surface area contributed by atoms with Gasteiger partial charge in [0.1, 0.15) is 0 Å². The van der Waals surface area contributed by atoms with E-state index in [0.717, 1.165) is 19.6 Å². The fraction of sp³-hybridized carbons (Fsp3) is 0.476. The molecular weight excluding hydrogens is 466 g/mol. The Morgan fingerprint density at radius 3 is 1.63 bits per heavy atom. The van der Waals surface area contributed by atoms with E-state index in [1.54, 1.807) is 24.3 Å². The summed E-state index contributed by atoms with van der Waals surface area (Å²) in [5.41, 5.74) is 1.02. The zero-order valence-corrected chi connectivity index (χ0v) is 19.2. The Morgan fingerprint density at radius 2 is 1.20 bits per heavy atom. The van der Waals surface area contributed by atoms with Gasteiger partial charge >= 0.3 is 24.4 Å². The first-order valence-electron chi connectivity index (χ1n) is 10.8. The molecule has 1 aromatic carbocycles. The van der Waals surface area contributed by atoms with E-state index in [4.69, 9.17) is 0 Å². The summed E-state index contributed by atoms with van der Waals surface area (Å²) in [6.45, 7) is -1.57. The van der Waals surface area contributed by atoms with Crippen LogP contribution < -0.4 is 5.32 Å². The molecule has 0 saturated carbocycles. The predicted octanol–water partition coefficient (Wildman–Crippen LogP) is 0.891. The van der Waals surface area contributed by atoms with Crippen LogP contribution in [0.1, 0.15) is 15.9 Å². The van der Waals surface area contributed by atoms with Crippen LogP contribution in [0.2, 0.25) is 0 Å². The number of hydrogen-bond acceptors (Lipinski definition) is 5. The summed E-state index contributed by atoms with van der Waals surface area (Å²) in [6, 6.07) is 5.47. The minimum Gasteiger partial charge on any atom is -0.465 e. The van der Waals surface area contributed by atoms with Crippen molar-refractivity contribution in [3.05, 3.63) is 35.4 Å². The lowest BCUT2D eigenvalue weighted by molar-refractivity contribution is 0.0763. The van der Waals surface area contributed by atoms with Gasteiger partial charge < -0.3 is 45.3 Å². The summed E-state index contributed by atoms with van der Waals surface area (Å²) in [4.78, 5) is 62.7. The van der Waals surface area contributed by atoms with Crippen molar-refractivity contribution in [2.45, 2.75) is 12.5 Å². The van der Waals surface area contributed by atoms with E-state index in [-0.39, 0.29) is 58.1 Å². The number of carboxylic acid groups (broad SMARTS) is 4. The molecule has 1 heterocycles.